The van der Waals surface area contributed by atoms with E-state index in [4.69, 9.17) is 28.3 Å². The molecule has 0 aliphatic carbocycles. The van der Waals surface area contributed by atoms with Crippen molar-refractivity contribution in [1.29, 1.82) is 0 Å². The van der Waals surface area contributed by atoms with Gasteiger partial charge in [-0.25, -0.2) is 0 Å². The summed E-state index contributed by atoms with van der Waals surface area (Å²) in [4.78, 5) is 10.6. The minimum Gasteiger partial charge on any atom is -0.481 e. The van der Waals surface area contributed by atoms with Crippen LogP contribution >= 0.6 is 23.2 Å². The van der Waals surface area contributed by atoms with Crippen LogP contribution in [-0.4, -0.2) is 11.1 Å². The highest BCUT2D eigenvalue weighted by Gasteiger charge is 2.13. The summed E-state index contributed by atoms with van der Waals surface area (Å²) in [7, 11) is 0. The van der Waals surface area contributed by atoms with Crippen molar-refractivity contribution in [2.24, 2.45) is 5.92 Å². The molecule has 1 N–H and O–H groups in total. The molecule has 0 bridgehead atoms. The number of carboxylic acids is 1. The smallest absolute Gasteiger partial charge is 0.306 e. The molecule has 0 spiro atoms. The minimum atomic E-state index is -0.823. The lowest BCUT2D eigenvalue weighted by molar-refractivity contribution is -0.141. The summed E-state index contributed by atoms with van der Waals surface area (Å²) in [5.74, 6) is -1.26. The van der Waals surface area contributed by atoms with E-state index in [1.807, 2.05) is 0 Å². The highest BCUT2D eigenvalue weighted by atomic mass is 35.5. The maximum absolute atomic E-state index is 10.6. The molecule has 0 aliphatic heterocycles. The molecular formula is C10H10Cl2O2. The van der Waals surface area contributed by atoms with Crippen LogP contribution in [0.2, 0.25) is 10.0 Å². The number of carbonyl (C=O) groups is 1. The number of carboxylic acid groups (broad SMARTS) is 1. The summed E-state index contributed by atoms with van der Waals surface area (Å²) < 4.78 is 0. The second-order valence-corrected chi connectivity index (χ2v) is 4.02. The molecule has 0 saturated heterocycles. The van der Waals surface area contributed by atoms with Crippen molar-refractivity contribution in [3.05, 3.63) is 33.8 Å². The van der Waals surface area contributed by atoms with Crippen LogP contribution in [0.25, 0.3) is 0 Å². The van der Waals surface area contributed by atoms with Gasteiger partial charge in [0, 0.05) is 10.0 Å². The van der Waals surface area contributed by atoms with Crippen LogP contribution in [0, 0.1) is 5.92 Å². The number of aliphatic carboxylic acids is 1. The van der Waals surface area contributed by atoms with E-state index in [0.29, 0.717) is 16.5 Å². The number of halogens is 2. The van der Waals surface area contributed by atoms with Gasteiger partial charge in [0.25, 0.3) is 0 Å². The van der Waals surface area contributed by atoms with Gasteiger partial charge in [-0.05, 0) is 24.1 Å². The third-order valence-corrected chi connectivity index (χ3v) is 2.55. The molecule has 4 heteroatoms. The Balaban J connectivity index is 2.82. The topological polar surface area (TPSA) is 37.3 Å². The first-order valence-electron chi connectivity index (χ1n) is 4.17. The maximum atomic E-state index is 10.6. The van der Waals surface area contributed by atoms with Crippen LogP contribution in [0.5, 0.6) is 0 Å². The second kappa shape index (κ2) is 4.67. The minimum absolute atomic E-state index is 0.422. The Labute approximate surface area is 92.5 Å². The van der Waals surface area contributed by atoms with Crippen molar-refractivity contribution in [2.75, 3.05) is 0 Å². The summed E-state index contributed by atoms with van der Waals surface area (Å²) >= 11 is 11.6. The van der Waals surface area contributed by atoms with Crippen LogP contribution in [0.3, 0.4) is 0 Å². The lowest BCUT2D eigenvalue weighted by Gasteiger charge is -2.07. The predicted molar refractivity (Wildman–Crippen MR) is 57.0 cm³/mol. The molecule has 1 atom stereocenters. The fourth-order valence-electron chi connectivity index (χ4n) is 1.10. The third-order valence-electron chi connectivity index (χ3n) is 1.96. The Morgan fingerprint density at radius 3 is 2.64 bits per heavy atom. The van der Waals surface area contributed by atoms with E-state index in [-0.39, 0.29) is 0 Å². The summed E-state index contributed by atoms with van der Waals surface area (Å²) in [5.41, 5.74) is 0.811. The molecule has 0 heterocycles. The van der Waals surface area contributed by atoms with Gasteiger partial charge in [-0.1, -0.05) is 36.2 Å². The molecule has 0 aliphatic rings. The SMILES string of the molecule is CC(Cc1ccc(Cl)cc1Cl)C(=O)O. The molecule has 2 nitrogen and oxygen atoms in total. The van der Waals surface area contributed by atoms with E-state index >= 15 is 0 Å². The molecule has 0 saturated carbocycles. The van der Waals surface area contributed by atoms with Crippen molar-refractivity contribution in [2.45, 2.75) is 13.3 Å². The molecular weight excluding hydrogens is 223 g/mol. The molecule has 0 aromatic heterocycles. The van der Waals surface area contributed by atoms with Crippen LogP contribution in [0.1, 0.15) is 12.5 Å². The molecule has 1 rings (SSSR count). The van der Waals surface area contributed by atoms with E-state index in [1.54, 1.807) is 25.1 Å². The fourth-order valence-corrected chi connectivity index (χ4v) is 1.59. The van der Waals surface area contributed by atoms with Crippen LogP contribution in [0.4, 0.5) is 0 Å². The van der Waals surface area contributed by atoms with Gasteiger partial charge in [0.05, 0.1) is 5.92 Å². The molecule has 1 aromatic rings. The third kappa shape index (κ3) is 2.89. The molecule has 0 radical (unpaired) electrons. The zero-order chi connectivity index (χ0) is 10.7. The molecule has 0 fully saturated rings. The first-order chi connectivity index (χ1) is 6.50. The lowest BCUT2D eigenvalue weighted by Crippen LogP contribution is -2.12. The fraction of sp³-hybridized carbons (Fsp3) is 0.300. The standard InChI is InChI=1S/C10H10Cl2O2/c1-6(10(13)14)4-7-2-3-8(11)5-9(7)12/h2-3,5-6H,4H2,1H3,(H,13,14). The first-order valence-corrected chi connectivity index (χ1v) is 4.93. The second-order valence-electron chi connectivity index (χ2n) is 3.18. The normalized spacial score (nSPS) is 12.5. The maximum Gasteiger partial charge on any atom is 0.306 e. The van der Waals surface area contributed by atoms with Gasteiger partial charge in [-0.15, -0.1) is 0 Å². The van der Waals surface area contributed by atoms with E-state index in [0.717, 1.165) is 5.56 Å². The Hall–Kier alpha value is -0.730. The van der Waals surface area contributed by atoms with Gasteiger partial charge in [-0.2, -0.15) is 0 Å². The summed E-state index contributed by atoms with van der Waals surface area (Å²) in [6.45, 7) is 1.65. The van der Waals surface area contributed by atoms with Crippen molar-refractivity contribution >= 4 is 29.2 Å². The number of hydrogen-bond acceptors (Lipinski definition) is 1. The van der Waals surface area contributed by atoms with E-state index in [9.17, 15) is 4.79 Å². The molecule has 1 aromatic carbocycles. The Kier molecular flexibility index (Phi) is 3.78. The Morgan fingerprint density at radius 2 is 2.14 bits per heavy atom. The van der Waals surface area contributed by atoms with Gasteiger partial charge in [0.2, 0.25) is 0 Å². The summed E-state index contributed by atoms with van der Waals surface area (Å²) in [6, 6.07) is 5.08. The first kappa shape index (κ1) is 11.3. The predicted octanol–water partition coefficient (Wildman–Crippen LogP) is 3.26. The number of hydrogen-bond donors (Lipinski definition) is 1. The van der Waals surface area contributed by atoms with Gasteiger partial charge in [0.15, 0.2) is 0 Å². The van der Waals surface area contributed by atoms with Gasteiger partial charge in [0.1, 0.15) is 0 Å². The zero-order valence-corrected chi connectivity index (χ0v) is 9.14. The van der Waals surface area contributed by atoms with Crippen molar-refractivity contribution in [1.82, 2.24) is 0 Å². The average Bonchev–Trinajstić information content (AvgIpc) is 2.09. The largest absolute Gasteiger partial charge is 0.481 e. The summed E-state index contributed by atoms with van der Waals surface area (Å²) in [6.07, 6.45) is 0.422. The van der Waals surface area contributed by atoms with Crippen molar-refractivity contribution < 1.29 is 9.90 Å². The highest BCUT2D eigenvalue weighted by molar-refractivity contribution is 6.35. The van der Waals surface area contributed by atoms with Crippen molar-refractivity contribution in [3.8, 4) is 0 Å². The van der Waals surface area contributed by atoms with E-state index in [2.05, 4.69) is 0 Å². The molecule has 76 valence electrons. The Bertz CT molecular complexity index is 350. The number of benzene rings is 1. The van der Waals surface area contributed by atoms with Crippen molar-refractivity contribution in [3.63, 3.8) is 0 Å². The van der Waals surface area contributed by atoms with Crippen LogP contribution < -0.4 is 0 Å². The van der Waals surface area contributed by atoms with Gasteiger partial charge >= 0.3 is 5.97 Å². The van der Waals surface area contributed by atoms with Gasteiger partial charge < -0.3 is 5.11 Å². The Morgan fingerprint density at radius 1 is 1.50 bits per heavy atom. The number of rotatable bonds is 3. The molecule has 14 heavy (non-hydrogen) atoms. The van der Waals surface area contributed by atoms with Gasteiger partial charge in [-0.3, -0.25) is 4.79 Å². The van der Waals surface area contributed by atoms with Crippen LogP contribution in [0.15, 0.2) is 18.2 Å². The van der Waals surface area contributed by atoms with E-state index < -0.39 is 11.9 Å². The van der Waals surface area contributed by atoms with E-state index in [1.165, 1.54) is 0 Å². The summed E-state index contributed by atoms with van der Waals surface area (Å²) in [5, 5.41) is 9.80. The monoisotopic (exact) mass is 232 g/mol. The highest BCUT2D eigenvalue weighted by Crippen LogP contribution is 2.23. The lowest BCUT2D eigenvalue weighted by atomic mass is 10.0. The van der Waals surface area contributed by atoms with Crippen LogP contribution in [-0.2, 0) is 11.2 Å². The molecule has 1 unspecified atom stereocenters. The molecule has 0 amide bonds. The average molecular weight is 233 g/mol. The quantitative estimate of drug-likeness (QED) is 0.869. The zero-order valence-electron chi connectivity index (χ0n) is 7.63.